The number of imide groups is 1. The van der Waals surface area contributed by atoms with Crippen LogP contribution < -0.4 is 35.0 Å². The lowest BCUT2D eigenvalue weighted by atomic mass is 9.96. The van der Waals surface area contributed by atoms with Gasteiger partial charge in [-0.3, -0.25) is 34.1 Å². The Balaban J connectivity index is 0.767. The van der Waals surface area contributed by atoms with E-state index in [4.69, 9.17) is 14.2 Å². The molecule has 21 heteroatoms. The minimum absolute atomic E-state index is 0.00715. The molecule has 3 aliphatic heterocycles. The number of hydrogen-bond donors (Lipinski definition) is 2. The van der Waals surface area contributed by atoms with Crippen molar-refractivity contribution in [3.63, 3.8) is 0 Å². The molecule has 0 spiro atoms. The Bertz CT molecular complexity index is 3380. The molecule has 0 radical (unpaired) electrons. The third-order valence-electron chi connectivity index (χ3n) is 13.0. The molecule has 2 saturated heterocycles. The Hall–Kier alpha value is -8.54. The summed E-state index contributed by atoms with van der Waals surface area (Å²) in [7, 11) is 2.97. The fourth-order valence-electron chi connectivity index (χ4n) is 9.13. The average Bonchev–Trinajstić information content (AvgIpc) is 3.68. The number of aromatic nitrogens is 3. The molecule has 2 N–H and O–H groups in total. The number of aryl methyl sites for hydroxylation is 1. The lowest BCUT2D eigenvalue weighted by molar-refractivity contribution is -0.274. The van der Waals surface area contributed by atoms with Gasteiger partial charge in [-0.25, -0.2) is 14.4 Å². The highest BCUT2D eigenvalue weighted by Crippen LogP contribution is 2.37. The van der Waals surface area contributed by atoms with E-state index in [2.05, 4.69) is 37.2 Å². The van der Waals surface area contributed by atoms with Crippen LogP contribution in [0.1, 0.15) is 76.1 Å². The van der Waals surface area contributed by atoms with Crippen molar-refractivity contribution in [2.45, 2.75) is 64.4 Å². The van der Waals surface area contributed by atoms with Gasteiger partial charge >= 0.3 is 6.36 Å². The first-order chi connectivity index (χ1) is 34.9. The summed E-state index contributed by atoms with van der Waals surface area (Å²) in [5, 5.41) is 4.94. The van der Waals surface area contributed by atoms with Gasteiger partial charge in [0.1, 0.15) is 23.7 Å². The summed E-state index contributed by atoms with van der Waals surface area (Å²) in [5.74, 6) is 3.45. The molecular formula is C52H45F4N7O10. The third kappa shape index (κ3) is 10.6. The topological polar surface area (TPSA) is 201 Å². The lowest BCUT2D eigenvalue weighted by Crippen LogP contribution is -2.52. The largest absolute Gasteiger partial charge is 0.573 e. The molecule has 0 aliphatic carbocycles. The predicted molar refractivity (Wildman–Crippen MR) is 255 cm³/mol. The summed E-state index contributed by atoms with van der Waals surface area (Å²) >= 11 is 0. The van der Waals surface area contributed by atoms with Crippen LogP contribution in [-0.2, 0) is 28.0 Å². The Morgan fingerprint density at radius 1 is 0.918 bits per heavy atom. The molecule has 17 nitrogen and oxygen atoms in total. The molecule has 2 aromatic heterocycles. The number of alkyl halides is 3. The smallest absolute Gasteiger partial charge is 0.493 e. The van der Waals surface area contributed by atoms with Crippen molar-refractivity contribution in [3.05, 3.63) is 117 Å². The maximum Gasteiger partial charge on any atom is 0.573 e. The number of carbonyl (C=O) groups is 5. The van der Waals surface area contributed by atoms with Gasteiger partial charge in [0.15, 0.2) is 23.1 Å². The molecule has 1 atom stereocenters. The summed E-state index contributed by atoms with van der Waals surface area (Å²) in [6, 6.07) is 14.6. The number of pyridine rings is 1. The number of carbonyl (C=O) groups excluding carboxylic acids is 5. The van der Waals surface area contributed by atoms with Crippen LogP contribution in [0.25, 0.3) is 21.8 Å². The fraction of sp³-hybridized carbons (Fsp3) is 0.308. The number of fused-ring (bicyclic) bond motifs is 3. The van der Waals surface area contributed by atoms with E-state index < -0.39 is 41.2 Å². The van der Waals surface area contributed by atoms with E-state index in [0.717, 1.165) is 29.3 Å². The van der Waals surface area contributed by atoms with Crippen molar-refractivity contribution in [2.75, 3.05) is 32.1 Å². The summed E-state index contributed by atoms with van der Waals surface area (Å²) in [4.78, 5) is 88.9. The van der Waals surface area contributed by atoms with Crippen LogP contribution in [-0.4, -0.2) is 93.1 Å². The van der Waals surface area contributed by atoms with E-state index in [9.17, 15) is 41.9 Å². The van der Waals surface area contributed by atoms with E-state index in [0.29, 0.717) is 66.7 Å². The second kappa shape index (κ2) is 20.3. The number of likely N-dealkylation sites (tertiary alicyclic amines) is 1. The maximum absolute atomic E-state index is 15.6. The zero-order valence-electron chi connectivity index (χ0n) is 39.5. The monoisotopic (exact) mass is 1000 g/mol. The Morgan fingerprint density at radius 2 is 1.71 bits per heavy atom. The van der Waals surface area contributed by atoms with E-state index in [1.165, 1.54) is 55.1 Å². The van der Waals surface area contributed by atoms with Crippen molar-refractivity contribution in [1.29, 1.82) is 0 Å². The molecule has 5 heterocycles. The average molecular weight is 1000 g/mol. The van der Waals surface area contributed by atoms with Gasteiger partial charge in [-0.2, -0.15) is 0 Å². The zero-order chi connectivity index (χ0) is 51.7. The zero-order valence-corrected chi connectivity index (χ0v) is 39.5. The number of rotatable bonds is 12. The predicted octanol–water partition coefficient (Wildman–Crippen LogP) is 7.09. The van der Waals surface area contributed by atoms with E-state index in [1.54, 1.807) is 24.3 Å². The van der Waals surface area contributed by atoms with Crippen LogP contribution in [0.5, 0.6) is 28.9 Å². The van der Waals surface area contributed by atoms with E-state index in [-0.39, 0.29) is 89.1 Å². The fourth-order valence-corrected chi connectivity index (χ4v) is 9.13. The summed E-state index contributed by atoms with van der Waals surface area (Å²) in [6.07, 6.45) is -1.24. The number of halogens is 4. The Morgan fingerprint density at radius 3 is 2.45 bits per heavy atom. The number of ether oxygens (including phenoxy) is 4. The van der Waals surface area contributed by atoms with Gasteiger partial charge in [0.25, 0.3) is 11.8 Å². The number of nitrogens with one attached hydrogen (secondary N) is 2. The highest BCUT2D eigenvalue weighted by atomic mass is 19.4. The van der Waals surface area contributed by atoms with Gasteiger partial charge in [-0.1, -0.05) is 11.8 Å². The second-order valence-electron chi connectivity index (χ2n) is 17.6. The molecule has 3 aliphatic rings. The number of piperidine rings is 2. The van der Waals surface area contributed by atoms with Gasteiger partial charge in [0.2, 0.25) is 29.0 Å². The quantitative estimate of drug-likeness (QED) is 0.0547. The standard InChI is InChI=1S/C52H45F4N7O10/c1-28-46(47(66)36-23-33(73-52(54,55)56)10-12-39(36)61(28)2)49(68)59-32-9-14-41(37(53)22-32)72-50-35-24-42(70-3)43(25-38(35)57-27-58-50)71-20-4-5-45(65)62-18-16-29(17-19-62)6-7-30-8-11-34-31(21-30)26-63(51(34)69)40-13-15-44(64)60-48(40)67/h8-12,14,21-25,27,29,40H,4-5,13,15-20,26H2,1-3H3,(H,59,68)(H,60,64,67). The minimum atomic E-state index is -5.00. The lowest BCUT2D eigenvalue weighted by Gasteiger charge is -2.30. The maximum atomic E-state index is 15.6. The number of benzene rings is 4. The van der Waals surface area contributed by atoms with Crippen LogP contribution in [0, 0.1) is 30.5 Å². The summed E-state index contributed by atoms with van der Waals surface area (Å²) < 4.78 is 77.2. The molecule has 0 saturated carbocycles. The summed E-state index contributed by atoms with van der Waals surface area (Å²) in [6.45, 7) is 3.05. The number of amides is 5. The molecule has 9 rings (SSSR count). The van der Waals surface area contributed by atoms with Crippen molar-refractivity contribution >= 4 is 57.0 Å². The molecule has 6 aromatic rings. The first kappa shape index (κ1) is 49.4. The highest BCUT2D eigenvalue weighted by Gasteiger charge is 2.39. The van der Waals surface area contributed by atoms with Crippen molar-refractivity contribution in [3.8, 4) is 40.7 Å². The number of hydrogen-bond acceptors (Lipinski definition) is 12. The Labute approximate surface area is 413 Å². The van der Waals surface area contributed by atoms with Crippen molar-refractivity contribution < 1.29 is 60.5 Å². The number of anilines is 1. The highest BCUT2D eigenvalue weighted by molar-refractivity contribution is 6.07. The van der Waals surface area contributed by atoms with Gasteiger partial charge in [-0.15, -0.1) is 13.2 Å². The minimum Gasteiger partial charge on any atom is -0.493 e. The van der Waals surface area contributed by atoms with E-state index >= 15 is 4.39 Å². The molecule has 2 fully saturated rings. The van der Waals surface area contributed by atoms with Crippen molar-refractivity contribution in [1.82, 2.24) is 29.7 Å². The van der Waals surface area contributed by atoms with Crippen LogP contribution in [0.2, 0.25) is 0 Å². The molecule has 1 unspecified atom stereocenters. The molecule has 0 bridgehead atoms. The molecule has 73 heavy (non-hydrogen) atoms. The molecule has 4 aromatic carbocycles. The Kier molecular flexibility index (Phi) is 13.7. The normalized spacial score (nSPS) is 15.9. The van der Waals surface area contributed by atoms with Crippen LogP contribution in [0.3, 0.4) is 0 Å². The number of nitrogens with zero attached hydrogens (tertiary/aromatic N) is 5. The van der Waals surface area contributed by atoms with Gasteiger partial charge < -0.3 is 38.6 Å². The summed E-state index contributed by atoms with van der Waals surface area (Å²) in [5.41, 5.74) is 1.64. The SMILES string of the molecule is COc1cc2c(Oc3ccc(NC(=O)c4c(C)n(C)c5ccc(OC(F)(F)F)cc5c4=O)cc3F)ncnc2cc1OCCCC(=O)N1CCC(C#Cc2ccc3c(c2)CN(C2CCC(=O)NC2=O)C3=O)CC1. The van der Waals surface area contributed by atoms with Crippen molar-refractivity contribution in [2.24, 2.45) is 13.0 Å². The number of methoxy groups -OCH3 is 1. The molecule has 5 amide bonds. The first-order valence-electron chi connectivity index (χ1n) is 23.1. The van der Waals surface area contributed by atoms with Crippen LogP contribution in [0.15, 0.2) is 77.9 Å². The van der Waals surface area contributed by atoms with Crippen LogP contribution in [0.4, 0.5) is 23.2 Å². The van der Waals surface area contributed by atoms with Crippen LogP contribution >= 0.6 is 0 Å². The van der Waals surface area contributed by atoms with Gasteiger partial charge in [0, 0.05) is 80.1 Å². The second-order valence-corrected chi connectivity index (χ2v) is 17.6. The third-order valence-corrected chi connectivity index (χ3v) is 13.0. The molecule has 376 valence electrons. The van der Waals surface area contributed by atoms with Gasteiger partial charge in [-0.05, 0) is 92.8 Å². The van der Waals surface area contributed by atoms with Gasteiger partial charge in [0.05, 0.1) is 35.5 Å². The molecular weight excluding hydrogens is 959 g/mol. The first-order valence-corrected chi connectivity index (χ1v) is 23.1. The van der Waals surface area contributed by atoms with E-state index in [1.807, 2.05) is 11.0 Å².